The van der Waals surface area contributed by atoms with E-state index in [0.29, 0.717) is 11.8 Å². The van der Waals surface area contributed by atoms with Crippen LogP contribution in [0.4, 0.5) is 0 Å². The Hall–Kier alpha value is -0.130. The van der Waals surface area contributed by atoms with E-state index >= 15 is 0 Å². The molecule has 2 fully saturated rings. The minimum atomic E-state index is -2.79. The molecule has 3 unspecified atom stereocenters. The largest absolute Gasteiger partial charge is 0.316 e. The average Bonchev–Trinajstić information content (AvgIpc) is 2.69. The lowest BCUT2D eigenvalue weighted by Crippen LogP contribution is -2.34. The van der Waals surface area contributed by atoms with E-state index in [1.165, 1.54) is 6.26 Å². The number of likely N-dealkylation sites (tertiary alicyclic amines) is 1. The van der Waals surface area contributed by atoms with Crippen molar-refractivity contribution < 1.29 is 8.42 Å². The molecule has 0 aromatic heterocycles. The van der Waals surface area contributed by atoms with Gasteiger partial charge in [-0.2, -0.15) is 0 Å². The fourth-order valence-corrected chi connectivity index (χ4v) is 3.73. The fourth-order valence-electron chi connectivity index (χ4n) is 3.08. The summed E-state index contributed by atoms with van der Waals surface area (Å²) in [6.45, 7) is 6.62. The van der Waals surface area contributed by atoms with Gasteiger partial charge < -0.3 is 5.32 Å². The topological polar surface area (TPSA) is 49.4 Å². The number of rotatable bonds is 4. The van der Waals surface area contributed by atoms with Crippen molar-refractivity contribution in [1.29, 1.82) is 0 Å². The lowest BCUT2D eigenvalue weighted by Gasteiger charge is -2.23. The van der Waals surface area contributed by atoms with Gasteiger partial charge in [-0.1, -0.05) is 0 Å². The summed E-state index contributed by atoms with van der Waals surface area (Å²) >= 11 is 0. The monoisotopic (exact) mass is 246 g/mol. The van der Waals surface area contributed by atoms with Crippen molar-refractivity contribution in [3.63, 3.8) is 0 Å². The summed E-state index contributed by atoms with van der Waals surface area (Å²) in [5.41, 5.74) is 0. The molecule has 5 heteroatoms. The van der Waals surface area contributed by atoms with Crippen LogP contribution in [0.25, 0.3) is 0 Å². The van der Waals surface area contributed by atoms with Gasteiger partial charge in [-0.25, -0.2) is 8.42 Å². The van der Waals surface area contributed by atoms with Crippen molar-refractivity contribution in [3.05, 3.63) is 0 Å². The van der Waals surface area contributed by atoms with Gasteiger partial charge in [0.1, 0.15) is 9.84 Å². The number of hydrogen-bond donors (Lipinski definition) is 1. The molecule has 2 heterocycles. The zero-order chi connectivity index (χ0) is 11.8. The number of nitrogens with zero attached hydrogens (tertiary/aromatic N) is 1. The van der Waals surface area contributed by atoms with Crippen LogP contribution in [0.1, 0.15) is 13.3 Å². The lowest BCUT2D eigenvalue weighted by atomic mass is 9.95. The lowest BCUT2D eigenvalue weighted by molar-refractivity contribution is 0.240. The minimum Gasteiger partial charge on any atom is -0.316 e. The van der Waals surface area contributed by atoms with E-state index in [0.717, 1.165) is 44.4 Å². The molecule has 1 N–H and O–H groups in total. The van der Waals surface area contributed by atoms with E-state index in [1.807, 2.05) is 0 Å². The molecule has 3 atom stereocenters. The van der Waals surface area contributed by atoms with Gasteiger partial charge in [0.05, 0.1) is 5.75 Å². The Morgan fingerprint density at radius 2 is 2.12 bits per heavy atom. The van der Waals surface area contributed by atoms with Crippen LogP contribution in [0.15, 0.2) is 0 Å². The molecule has 0 saturated carbocycles. The zero-order valence-electron chi connectivity index (χ0n) is 10.1. The van der Waals surface area contributed by atoms with Crippen LogP contribution in [0.2, 0.25) is 0 Å². The van der Waals surface area contributed by atoms with Gasteiger partial charge in [-0.3, -0.25) is 4.90 Å². The first kappa shape index (κ1) is 12.3. The molecular formula is C11H22N2O2S. The molecule has 0 amide bonds. The Morgan fingerprint density at radius 1 is 1.38 bits per heavy atom. The molecule has 0 aliphatic carbocycles. The van der Waals surface area contributed by atoms with Crippen LogP contribution in [0.3, 0.4) is 0 Å². The van der Waals surface area contributed by atoms with E-state index in [-0.39, 0.29) is 0 Å². The second-order valence-electron chi connectivity index (χ2n) is 5.30. The summed E-state index contributed by atoms with van der Waals surface area (Å²) in [6, 6.07) is 0.611. The number of hydrogen-bond acceptors (Lipinski definition) is 4. The third kappa shape index (κ3) is 2.76. The van der Waals surface area contributed by atoms with Crippen molar-refractivity contribution in [1.82, 2.24) is 10.2 Å². The summed E-state index contributed by atoms with van der Waals surface area (Å²) in [4.78, 5) is 2.46. The van der Waals surface area contributed by atoms with Crippen molar-refractivity contribution in [2.75, 3.05) is 38.2 Å². The fraction of sp³-hybridized carbons (Fsp3) is 1.00. The average molecular weight is 246 g/mol. The van der Waals surface area contributed by atoms with Crippen LogP contribution in [-0.2, 0) is 9.84 Å². The summed E-state index contributed by atoms with van der Waals surface area (Å²) in [5, 5.41) is 3.43. The Labute approximate surface area is 98.3 Å². The van der Waals surface area contributed by atoms with Crippen molar-refractivity contribution >= 4 is 9.84 Å². The third-order valence-corrected chi connectivity index (χ3v) is 5.05. The van der Waals surface area contributed by atoms with E-state index in [9.17, 15) is 8.42 Å². The standard InChI is InChI=1S/C11H22N2O2S/c1-9-11-7-12-6-10(11)8-13(9)4-3-5-16(2,14)15/h9-12H,3-8H2,1-2H3. The van der Waals surface area contributed by atoms with Gasteiger partial charge >= 0.3 is 0 Å². The van der Waals surface area contributed by atoms with E-state index in [1.54, 1.807) is 0 Å². The normalized spacial score (nSPS) is 35.5. The van der Waals surface area contributed by atoms with Crippen molar-refractivity contribution in [2.24, 2.45) is 11.8 Å². The van der Waals surface area contributed by atoms with E-state index in [4.69, 9.17) is 0 Å². The Balaban J connectivity index is 1.79. The highest BCUT2D eigenvalue weighted by Gasteiger charge is 2.41. The van der Waals surface area contributed by atoms with Gasteiger partial charge in [0.2, 0.25) is 0 Å². The number of nitrogens with one attached hydrogen (secondary N) is 1. The van der Waals surface area contributed by atoms with Crippen LogP contribution in [0, 0.1) is 11.8 Å². The highest BCUT2D eigenvalue weighted by atomic mass is 32.2. The van der Waals surface area contributed by atoms with Gasteiger partial charge in [-0.15, -0.1) is 0 Å². The van der Waals surface area contributed by atoms with Gasteiger partial charge in [0, 0.05) is 18.8 Å². The van der Waals surface area contributed by atoms with Crippen LogP contribution in [0.5, 0.6) is 0 Å². The van der Waals surface area contributed by atoms with E-state index < -0.39 is 9.84 Å². The molecule has 0 bridgehead atoms. The minimum absolute atomic E-state index is 0.323. The molecule has 0 radical (unpaired) electrons. The molecule has 2 rings (SSSR count). The highest BCUT2D eigenvalue weighted by molar-refractivity contribution is 7.90. The molecule has 4 nitrogen and oxygen atoms in total. The Morgan fingerprint density at radius 3 is 2.75 bits per heavy atom. The predicted octanol–water partition coefficient (Wildman–Crippen LogP) is -0.0392. The highest BCUT2D eigenvalue weighted by Crippen LogP contribution is 2.32. The molecular weight excluding hydrogens is 224 g/mol. The van der Waals surface area contributed by atoms with Gasteiger partial charge in [-0.05, 0) is 44.8 Å². The van der Waals surface area contributed by atoms with Crippen molar-refractivity contribution in [3.8, 4) is 0 Å². The van der Waals surface area contributed by atoms with E-state index in [2.05, 4.69) is 17.1 Å². The first-order valence-corrected chi connectivity index (χ1v) is 8.16. The second-order valence-corrected chi connectivity index (χ2v) is 7.56. The summed E-state index contributed by atoms with van der Waals surface area (Å²) < 4.78 is 22.1. The molecule has 0 aromatic carbocycles. The number of fused-ring (bicyclic) bond motifs is 1. The molecule has 2 aliphatic heterocycles. The SMILES string of the molecule is CC1C2CNCC2CN1CCCS(C)(=O)=O. The maximum Gasteiger partial charge on any atom is 0.147 e. The third-order valence-electron chi connectivity index (χ3n) is 4.02. The molecule has 2 saturated heterocycles. The molecule has 16 heavy (non-hydrogen) atoms. The summed E-state index contributed by atoms with van der Waals surface area (Å²) in [7, 11) is -2.79. The van der Waals surface area contributed by atoms with Crippen molar-refractivity contribution in [2.45, 2.75) is 19.4 Å². The smallest absolute Gasteiger partial charge is 0.147 e. The molecule has 94 valence electrons. The Kier molecular flexibility index (Phi) is 3.56. The molecule has 0 aromatic rings. The summed E-state index contributed by atoms with van der Waals surface area (Å²) in [6.07, 6.45) is 2.09. The first-order valence-electron chi connectivity index (χ1n) is 6.10. The van der Waals surface area contributed by atoms with Crippen LogP contribution in [-0.4, -0.2) is 57.5 Å². The van der Waals surface area contributed by atoms with Crippen LogP contribution < -0.4 is 5.32 Å². The van der Waals surface area contributed by atoms with Gasteiger partial charge in [0.25, 0.3) is 0 Å². The van der Waals surface area contributed by atoms with Crippen LogP contribution >= 0.6 is 0 Å². The zero-order valence-corrected chi connectivity index (χ0v) is 11.0. The maximum atomic E-state index is 11.1. The summed E-state index contributed by atoms with van der Waals surface area (Å²) in [5.74, 6) is 1.88. The molecule has 0 spiro atoms. The quantitative estimate of drug-likeness (QED) is 0.756. The second kappa shape index (κ2) is 4.63. The maximum absolute atomic E-state index is 11.1. The predicted molar refractivity (Wildman–Crippen MR) is 65.2 cm³/mol. The Bertz CT molecular complexity index is 342. The van der Waals surface area contributed by atoms with Gasteiger partial charge in [0.15, 0.2) is 0 Å². The molecule has 2 aliphatic rings. The first-order chi connectivity index (χ1) is 7.47. The number of sulfone groups is 1.